The van der Waals surface area contributed by atoms with Crippen LogP contribution in [0.5, 0.6) is 0 Å². The van der Waals surface area contributed by atoms with Crippen LogP contribution >= 0.6 is 0 Å². The first-order chi connectivity index (χ1) is 28.5. The Morgan fingerprint density at radius 2 is 0.967 bits per heavy atom. The molecule has 2 heterocycles. The first kappa shape index (κ1) is 38.4. The van der Waals surface area contributed by atoms with Gasteiger partial charge in [-0.15, -0.1) is 0 Å². The topological polar surface area (TPSA) is 6.48 Å². The van der Waals surface area contributed by atoms with Gasteiger partial charge in [0.05, 0.1) is 5.69 Å². The number of aryl methyl sites for hydroxylation is 1. The minimum absolute atomic E-state index is 0.0195. The van der Waals surface area contributed by atoms with Gasteiger partial charge in [-0.3, -0.25) is 0 Å². The third kappa shape index (κ3) is 5.68. The van der Waals surface area contributed by atoms with Crippen LogP contribution < -0.4 is 26.2 Å². The van der Waals surface area contributed by atoms with Gasteiger partial charge in [-0.25, -0.2) is 0 Å². The van der Waals surface area contributed by atoms with E-state index in [1.165, 1.54) is 101 Å². The van der Waals surface area contributed by atoms with Crippen LogP contribution in [0.25, 0.3) is 11.1 Å². The average Bonchev–Trinajstić information content (AvgIpc) is 3.22. The molecule has 0 bridgehead atoms. The largest absolute Gasteiger partial charge is 0.311 e. The molecule has 3 aliphatic rings. The number of nitrogens with zero attached hydrogens (tertiary/aromatic N) is 2. The minimum Gasteiger partial charge on any atom is -0.311 e. The average molecular weight is 781 g/mol. The van der Waals surface area contributed by atoms with E-state index in [4.69, 9.17) is 0 Å². The van der Waals surface area contributed by atoms with Gasteiger partial charge in [0.15, 0.2) is 0 Å². The SMILES string of the molecule is Cc1cc2c3c(c1)N(c1ccccc1-c1ccccc1)c1cc4c(cc1B3c1cc(C(C)(C)C)ccc1N2c1ccc(C(C)(C)C)cc1)C(C)(C)c1ccccc1C4(C)C. The van der Waals surface area contributed by atoms with Crippen LogP contribution in [0.2, 0.25) is 0 Å². The van der Waals surface area contributed by atoms with Gasteiger partial charge in [0.25, 0.3) is 6.71 Å². The number of para-hydroxylation sites is 1. The molecule has 2 aliphatic heterocycles. The van der Waals surface area contributed by atoms with Crippen LogP contribution in [0.1, 0.15) is 108 Å². The maximum absolute atomic E-state index is 2.64. The van der Waals surface area contributed by atoms with Gasteiger partial charge < -0.3 is 9.80 Å². The Morgan fingerprint density at radius 3 is 1.60 bits per heavy atom. The number of anilines is 6. The Hall–Kier alpha value is -5.80. The highest BCUT2D eigenvalue weighted by molar-refractivity contribution is 7.00. The number of hydrogen-bond donors (Lipinski definition) is 0. The van der Waals surface area contributed by atoms with Crippen molar-refractivity contribution in [2.24, 2.45) is 0 Å². The molecule has 0 unspecified atom stereocenters. The number of benzene rings is 7. The van der Waals surface area contributed by atoms with Crippen LogP contribution in [-0.4, -0.2) is 6.71 Å². The van der Waals surface area contributed by atoms with Crippen molar-refractivity contribution in [1.82, 2.24) is 0 Å². The van der Waals surface area contributed by atoms with E-state index in [0.717, 1.165) is 0 Å². The Labute approximate surface area is 359 Å². The van der Waals surface area contributed by atoms with Crippen LogP contribution in [0, 0.1) is 6.92 Å². The van der Waals surface area contributed by atoms with E-state index in [2.05, 4.69) is 232 Å². The van der Waals surface area contributed by atoms with E-state index in [1.807, 2.05) is 0 Å². The zero-order chi connectivity index (χ0) is 42.1. The first-order valence-electron chi connectivity index (χ1n) is 21.9. The molecule has 7 aromatic rings. The van der Waals surface area contributed by atoms with Crippen molar-refractivity contribution in [2.75, 3.05) is 9.80 Å². The predicted octanol–water partition coefficient (Wildman–Crippen LogP) is 13.3. The highest BCUT2D eigenvalue weighted by Crippen LogP contribution is 2.53. The summed E-state index contributed by atoms with van der Waals surface area (Å²) in [5.41, 5.74) is 23.2. The maximum Gasteiger partial charge on any atom is 0.252 e. The lowest BCUT2D eigenvalue weighted by Crippen LogP contribution is -2.62. The summed E-state index contributed by atoms with van der Waals surface area (Å²) >= 11 is 0. The minimum atomic E-state index is -0.195. The molecule has 0 atom stereocenters. The molecular formula is C57H57BN2. The Morgan fingerprint density at radius 1 is 0.433 bits per heavy atom. The summed E-state index contributed by atoms with van der Waals surface area (Å²) in [5, 5.41) is 0. The van der Waals surface area contributed by atoms with E-state index in [0.29, 0.717) is 0 Å². The monoisotopic (exact) mass is 780 g/mol. The van der Waals surface area contributed by atoms with Gasteiger partial charge >= 0.3 is 0 Å². The molecule has 0 aromatic heterocycles. The van der Waals surface area contributed by atoms with Gasteiger partial charge in [0, 0.05) is 44.8 Å². The lowest BCUT2D eigenvalue weighted by Gasteiger charge is -2.48. The van der Waals surface area contributed by atoms with Crippen LogP contribution in [0.4, 0.5) is 34.1 Å². The summed E-state index contributed by atoms with van der Waals surface area (Å²) < 4.78 is 0. The van der Waals surface area contributed by atoms with Crippen molar-refractivity contribution in [1.29, 1.82) is 0 Å². The summed E-state index contributed by atoms with van der Waals surface area (Å²) in [4.78, 5) is 5.19. The molecule has 0 fully saturated rings. The molecule has 0 spiro atoms. The third-order valence-electron chi connectivity index (χ3n) is 14.1. The molecule has 60 heavy (non-hydrogen) atoms. The molecule has 0 saturated heterocycles. The van der Waals surface area contributed by atoms with E-state index in [-0.39, 0.29) is 28.4 Å². The maximum atomic E-state index is 2.64. The van der Waals surface area contributed by atoms with Crippen molar-refractivity contribution < 1.29 is 0 Å². The van der Waals surface area contributed by atoms with E-state index >= 15 is 0 Å². The van der Waals surface area contributed by atoms with Gasteiger partial charge in [-0.2, -0.15) is 0 Å². The molecule has 0 saturated carbocycles. The summed E-state index contributed by atoms with van der Waals surface area (Å²) in [6, 6.07) is 56.0. The Balaban J connectivity index is 1.34. The Kier molecular flexibility index (Phi) is 8.39. The fourth-order valence-electron chi connectivity index (χ4n) is 10.7. The number of fused-ring (bicyclic) bond motifs is 6. The molecule has 0 amide bonds. The molecule has 2 nitrogen and oxygen atoms in total. The van der Waals surface area contributed by atoms with Crippen LogP contribution in [-0.2, 0) is 21.7 Å². The second-order valence-corrected chi connectivity index (χ2v) is 20.8. The van der Waals surface area contributed by atoms with Gasteiger partial charge in [0.1, 0.15) is 0 Å². The van der Waals surface area contributed by atoms with E-state index in [1.54, 1.807) is 0 Å². The highest BCUT2D eigenvalue weighted by Gasteiger charge is 2.48. The lowest BCUT2D eigenvalue weighted by atomic mass is 9.33. The van der Waals surface area contributed by atoms with Crippen LogP contribution in [0.3, 0.4) is 0 Å². The second-order valence-electron chi connectivity index (χ2n) is 20.8. The first-order valence-corrected chi connectivity index (χ1v) is 21.9. The van der Waals surface area contributed by atoms with Crippen LogP contribution in [0.15, 0.2) is 146 Å². The quantitative estimate of drug-likeness (QED) is 0.165. The summed E-state index contributed by atoms with van der Waals surface area (Å²) in [6.07, 6.45) is 0. The standard InChI is InChI=1S/C57H57BN2/c1-36-31-51-53-52(32-36)60(48-24-18-15-21-41(48)37-19-13-12-14-20-37)50-35-45-44(56(8,9)42-22-16-17-23-43(42)57(45,10)11)34-47(50)58(53)46-33-39(55(5,6)7)27-30-49(46)59(51)40-28-25-38(26-29-40)54(2,3)4/h12-35H,1-11H3. The third-order valence-corrected chi connectivity index (χ3v) is 14.1. The molecule has 3 heteroatoms. The van der Waals surface area contributed by atoms with Gasteiger partial charge in [-0.05, 0) is 121 Å². The van der Waals surface area contributed by atoms with Crippen molar-refractivity contribution in [2.45, 2.75) is 97.8 Å². The lowest BCUT2D eigenvalue weighted by molar-refractivity contribution is 0.521. The molecule has 7 aromatic carbocycles. The molecule has 10 rings (SSSR count). The number of rotatable bonds is 3. The Bertz CT molecular complexity index is 2850. The zero-order valence-electron chi connectivity index (χ0n) is 37.3. The van der Waals surface area contributed by atoms with E-state index < -0.39 is 0 Å². The summed E-state index contributed by atoms with van der Waals surface area (Å²) in [7, 11) is 0. The molecule has 1 aliphatic carbocycles. The van der Waals surface area contributed by atoms with Gasteiger partial charge in [0.2, 0.25) is 0 Å². The molecular weight excluding hydrogens is 723 g/mol. The second kappa shape index (κ2) is 13.1. The fraction of sp³-hybridized carbons (Fsp3) is 0.263. The van der Waals surface area contributed by atoms with E-state index in [9.17, 15) is 0 Å². The fourth-order valence-corrected chi connectivity index (χ4v) is 10.7. The van der Waals surface area contributed by atoms with Gasteiger partial charge in [-0.1, -0.05) is 172 Å². The van der Waals surface area contributed by atoms with Crippen molar-refractivity contribution in [3.05, 3.63) is 185 Å². The highest BCUT2D eigenvalue weighted by atomic mass is 15.2. The summed E-state index contributed by atoms with van der Waals surface area (Å²) in [6.45, 7) is 26.0. The van der Waals surface area contributed by atoms with Crippen molar-refractivity contribution >= 4 is 57.2 Å². The zero-order valence-corrected chi connectivity index (χ0v) is 37.3. The normalized spacial score (nSPS) is 15.8. The molecule has 298 valence electrons. The molecule has 0 N–H and O–H groups in total. The smallest absolute Gasteiger partial charge is 0.252 e. The van der Waals surface area contributed by atoms with Crippen molar-refractivity contribution in [3.63, 3.8) is 0 Å². The number of hydrogen-bond acceptors (Lipinski definition) is 2. The predicted molar refractivity (Wildman–Crippen MR) is 259 cm³/mol. The summed E-state index contributed by atoms with van der Waals surface area (Å²) in [5.74, 6) is 0. The molecule has 0 radical (unpaired) electrons. The van der Waals surface area contributed by atoms with Crippen molar-refractivity contribution in [3.8, 4) is 11.1 Å².